The SMILES string of the molecule is Cc1c(C2(C(=O)O)CCC2)cc(O)c(O)c1C. The zero-order valence-electron chi connectivity index (χ0n) is 9.95. The number of carboxylic acid groups (broad SMARTS) is 1. The van der Waals surface area contributed by atoms with Gasteiger partial charge in [-0.15, -0.1) is 0 Å². The number of phenolic OH excluding ortho intramolecular Hbond substituents is 2. The van der Waals surface area contributed by atoms with E-state index in [9.17, 15) is 20.1 Å². The normalized spacial score (nSPS) is 17.5. The van der Waals surface area contributed by atoms with E-state index in [0.29, 0.717) is 24.0 Å². The average molecular weight is 236 g/mol. The van der Waals surface area contributed by atoms with Gasteiger partial charge in [0.25, 0.3) is 0 Å². The Bertz CT molecular complexity index is 487. The van der Waals surface area contributed by atoms with E-state index < -0.39 is 11.4 Å². The molecule has 0 saturated heterocycles. The van der Waals surface area contributed by atoms with Crippen molar-refractivity contribution < 1.29 is 20.1 Å². The number of hydrogen-bond acceptors (Lipinski definition) is 3. The largest absolute Gasteiger partial charge is 0.504 e. The smallest absolute Gasteiger partial charge is 0.314 e. The molecular formula is C13H16O4. The fourth-order valence-corrected chi connectivity index (χ4v) is 2.51. The summed E-state index contributed by atoms with van der Waals surface area (Å²) in [7, 11) is 0. The van der Waals surface area contributed by atoms with Crippen molar-refractivity contribution in [1.82, 2.24) is 0 Å². The third kappa shape index (κ3) is 1.47. The molecule has 0 amide bonds. The van der Waals surface area contributed by atoms with Gasteiger partial charge in [0.05, 0.1) is 5.41 Å². The van der Waals surface area contributed by atoms with Crippen molar-refractivity contribution in [2.75, 3.05) is 0 Å². The molecule has 2 rings (SSSR count). The van der Waals surface area contributed by atoms with Crippen molar-refractivity contribution in [3.63, 3.8) is 0 Å². The molecule has 3 N–H and O–H groups in total. The first kappa shape index (κ1) is 11.8. The lowest BCUT2D eigenvalue weighted by Crippen LogP contribution is -2.43. The molecule has 0 bridgehead atoms. The van der Waals surface area contributed by atoms with Gasteiger partial charge in [-0.25, -0.2) is 0 Å². The number of benzene rings is 1. The third-order valence-electron chi connectivity index (χ3n) is 3.98. The Labute approximate surface area is 99.5 Å². The highest BCUT2D eigenvalue weighted by Crippen LogP contribution is 2.48. The van der Waals surface area contributed by atoms with Crippen molar-refractivity contribution in [3.8, 4) is 11.5 Å². The second-order valence-electron chi connectivity index (χ2n) is 4.78. The molecular weight excluding hydrogens is 220 g/mol. The van der Waals surface area contributed by atoms with Gasteiger partial charge in [-0.2, -0.15) is 0 Å². The van der Waals surface area contributed by atoms with E-state index in [-0.39, 0.29) is 11.5 Å². The van der Waals surface area contributed by atoms with E-state index >= 15 is 0 Å². The minimum absolute atomic E-state index is 0.161. The van der Waals surface area contributed by atoms with Gasteiger partial charge in [-0.1, -0.05) is 6.42 Å². The van der Waals surface area contributed by atoms with E-state index in [0.717, 1.165) is 12.0 Å². The molecule has 0 aliphatic heterocycles. The van der Waals surface area contributed by atoms with Crippen LogP contribution >= 0.6 is 0 Å². The number of phenols is 2. The van der Waals surface area contributed by atoms with Gasteiger partial charge in [0.15, 0.2) is 11.5 Å². The Morgan fingerprint density at radius 2 is 1.82 bits per heavy atom. The first-order valence-electron chi connectivity index (χ1n) is 5.66. The monoisotopic (exact) mass is 236 g/mol. The standard InChI is InChI=1S/C13H16O4/c1-7-8(2)11(15)10(14)6-9(7)13(12(16)17)4-3-5-13/h6,14-15H,3-5H2,1-2H3,(H,16,17). The van der Waals surface area contributed by atoms with Crippen LogP contribution in [0.15, 0.2) is 6.07 Å². The lowest BCUT2D eigenvalue weighted by molar-refractivity contribution is -0.147. The average Bonchev–Trinajstić information content (AvgIpc) is 2.20. The van der Waals surface area contributed by atoms with E-state index in [1.807, 2.05) is 0 Å². The second kappa shape index (κ2) is 3.65. The maximum Gasteiger partial charge on any atom is 0.314 e. The van der Waals surface area contributed by atoms with Gasteiger partial charge >= 0.3 is 5.97 Å². The van der Waals surface area contributed by atoms with Crippen molar-refractivity contribution in [1.29, 1.82) is 0 Å². The summed E-state index contributed by atoms with van der Waals surface area (Å²) in [6.45, 7) is 3.47. The molecule has 1 saturated carbocycles. The quantitative estimate of drug-likeness (QED) is 0.688. The number of hydrogen-bond donors (Lipinski definition) is 3. The van der Waals surface area contributed by atoms with Crippen LogP contribution in [0.2, 0.25) is 0 Å². The minimum atomic E-state index is -0.875. The lowest BCUT2D eigenvalue weighted by atomic mass is 9.63. The Morgan fingerprint density at radius 3 is 2.24 bits per heavy atom. The summed E-state index contributed by atoms with van der Waals surface area (Å²) < 4.78 is 0. The molecule has 1 aromatic carbocycles. The highest BCUT2D eigenvalue weighted by Gasteiger charge is 2.47. The zero-order valence-corrected chi connectivity index (χ0v) is 9.95. The molecule has 4 nitrogen and oxygen atoms in total. The van der Waals surface area contributed by atoms with Crippen molar-refractivity contribution in [2.45, 2.75) is 38.5 Å². The molecule has 0 radical (unpaired) electrons. The lowest BCUT2D eigenvalue weighted by Gasteiger charge is -2.39. The molecule has 0 atom stereocenters. The number of aliphatic carboxylic acids is 1. The number of carboxylic acids is 1. The van der Waals surface area contributed by atoms with Gasteiger partial charge in [0, 0.05) is 0 Å². The van der Waals surface area contributed by atoms with Crippen LogP contribution in [-0.4, -0.2) is 21.3 Å². The highest BCUT2D eigenvalue weighted by atomic mass is 16.4. The Kier molecular flexibility index (Phi) is 2.53. The maximum atomic E-state index is 11.4. The predicted octanol–water partition coefficient (Wildman–Crippen LogP) is 2.22. The first-order valence-corrected chi connectivity index (χ1v) is 5.66. The Balaban J connectivity index is 2.64. The fraction of sp³-hybridized carbons (Fsp3) is 0.462. The van der Waals surface area contributed by atoms with Crippen LogP contribution in [0.3, 0.4) is 0 Å². The topological polar surface area (TPSA) is 77.8 Å². The van der Waals surface area contributed by atoms with Crippen LogP contribution in [-0.2, 0) is 10.2 Å². The summed E-state index contributed by atoms with van der Waals surface area (Å²) >= 11 is 0. The maximum absolute atomic E-state index is 11.4. The van der Waals surface area contributed by atoms with Crippen molar-refractivity contribution >= 4 is 5.97 Å². The summed E-state index contributed by atoms with van der Waals surface area (Å²) in [5, 5.41) is 28.6. The third-order valence-corrected chi connectivity index (χ3v) is 3.98. The van der Waals surface area contributed by atoms with Gasteiger partial charge in [-0.05, 0) is 49.4 Å². The molecule has 1 aromatic rings. The summed E-state index contributed by atoms with van der Waals surface area (Å²) in [4.78, 5) is 11.4. The molecule has 0 heterocycles. The summed E-state index contributed by atoms with van der Waals surface area (Å²) in [5.74, 6) is -1.25. The summed E-state index contributed by atoms with van der Waals surface area (Å²) in [6, 6.07) is 1.39. The predicted molar refractivity (Wildman–Crippen MR) is 62.4 cm³/mol. The molecule has 0 spiro atoms. The van der Waals surface area contributed by atoms with Crippen molar-refractivity contribution in [3.05, 3.63) is 22.8 Å². The van der Waals surface area contributed by atoms with Crippen LogP contribution in [0.5, 0.6) is 11.5 Å². The molecule has 4 heteroatoms. The van der Waals surface area contributed by atoms with Crippen LogP contribution in [0, 0.1) is 13.8 Å². The van der Waals surface area contributed by atoms with Gasteiger partial charge in [-0.3, -0.25) is 4.79 Å². The van der Waals surface area contributed by atoms with Crippen LogP contribution in [0.1, 0.15) is 36.0 Å². The van der Waals surface area contributed by atoms with Gasteiger partial charge in [0.2, 0.25) is 0 Å². The summed E-state index contributed by atoms with van der Waals surface area (Å²) in [6.07, 6.45) is 2.06. The fourth-order valence-electron chi connectivity index (χ4n) is 2.51. The van der Waals surface area contributed by atoms with Crippen molar-refractivity contribution in [2.24, 2.45) is 0 Å². The van der Waals surface area contributed by atoms with Crippen LogP contribution in [0.4, 0.5) is 0 Å². The molecule has 1 aliphatic rings. The molecule has 1 aliphatic carbocycles. The van der Waals surface area contributed by atoms with Gasteiger partial charge in [0.1, 0.15) is 0 Å². The Hall–Kier alpha value is -1.71. The Morgan fingerprint density at radius 1 is 1.24 bits per heavy atom. The molecule has 1 fully saturated rings. The molecule has 17 heavy (non-hydrogen) atoms. The van der Waals surface area contributed by atoms with Crippen LogP contribution < -0.4 is 0 Å². The van der Waals surface area contributed by atoms with Crippen LogP contribution in [0.25, 0.3) is 0 Å². The first-order chi connectivity index (χ1) is 7.90. The molecule has 0 aromatic heterocycles. The zero-order chi connectivity index (χ0) is 12.8. The molecule has 92 valence electrons. The number of rotatable bonds is 2. The minimum Gasteiger partial charge on any atom is -0.504 e. The van der Waals surface area contributed by atoms with E-state index in [4.69, 9.17) is 0 Å². The van der Waals surface area contributed by atoms with E-state index in [1.165, 1.54) is 6.07 Å². The second-order valence-corrected chi connectivity index (χ2v) is 4.78. The van der Waals surface area contributed by atoms with Gasteiger partial charge < -0.3 is 15.3 Å². The number of aromatic hydroxyl groups is 2. The van der Waals surface area contributed by atoms with E-state index in [2.05, 4.69) is 0 Å². The summed E-state index contributed by atoms with van der Waals surface area (Å²) in [5.41, 5.74) is 1.05. The highest BCUT2D eigenvalue weighted by molar-refractivity contribution is 5.84. The molecule has 0 unspecified atom stereocenters. The van der Waals surface area contributed by atoms with E-state index in [1.54, 1.807) is 13.8 Å². The number of carbonyl (C=O) groups is 1.